The summed E-state index contributed by atoms with van der Waals surface area (Å²) in [5.41, 5.74) is 14.2. The van der Waals surface area contributed by atoms with E-state index in [2.05, 4.69) is 4.90 Å². The minimum Gasteiger partial charge on any atom is -0.397 e. The molecule has 1 aliphatic heterocycles. The number of thiophene rings is 1. The molecule has 20 heavy (non-hydrogen) atoms. The number of carbonyl (C=O) groups is 1. The van der Waals surface area contributed by atoms with Crippen molar-refractivity contribution in [1.29, 1.82) is 0 Å². The average molecular weight is 294 g/mol. The van der Waals surface area contributed by atoms with Gasteiger partial charge in [0.05, 0.1) is 10.7 Å². The smallest absolute Gasteiger partial charge is 0.265 e. The van der Waals surface area contributed by atoms with Crippen LogP contribution in [0.15, 0.2) is 0 Å². The van der Waals surface area contributed by atoms with Gasteiger partial charge in [-0.2, -0.15) is 0 Å². The van der Waals surface area contributed by atoms with Crippen molar-refractivity contribution in [3.63, 3.8) is 0 Å². The number of nitrogens with two attached hydrogens (primary N) is 2. The van der Waals surface area contributed by atoms with E-state index in [1.54, 1.807) is 30.3 Å². The normalized spacial score (nSPS) is 22.4. The summed E-state index contributed by atoms with van der Waals surface area (Å²) in [5, 5.41) is 1.18. The van der Waals surface area contributed by atoms with Crippen LogP contribution in [0.4, 0.5) is 10.7 Å². The monoisotopic (exact) mass is 294 g/mol. The third-order valence-electron chi connectivity index (χ3n) is 4.06. The first-order valence-corrected chi connectivity index (χ1v) is 7.95. The molecule has 1 unspecified atom stereocenters. The molecule has 3 rings (SSSR count). The lowest BCUT2D eigenvalue weighted by atomic mass is 10.1. The largest absolute Gasteiger partial charge is 0.397 e. The topological polar surface area (TPSA) is 75.6 Å². The zero-order valence-electron chi connectivity index (χ0n) is 12.1. The van der Waals surface area contributed by atoms with Gasteiger partial charge in [0.2, 0.25) is 0 Å². The summed E-state index contributed by atoms with van der Waals surface area (Å²) >= 11 is 1.54. The van der Waals surface area contributed by atoms with Crippen LogP contribution in [-0.4, -0.2) is 44.0 Å². The number of rotatable bonds is 3. The fraction of sp³-hybridized carbons (Fsp3) is 0.643. The standard InChI is InChI=1S/C14H22N4OS/c1-17(2)13(19)12-11(16)10(8-3-4-8)14(20-12)18-6-5-9(15)7-18/h8-9H,3-7,15-16H2,1-2H3. The van der Waals surface area contributed by atoms with Crippen LogP contribution in [0.5, 0.6) is 0 Å². The van der Waals surface area contributed by atoms with E-state index in [4.69, 9.17) is 11.5 Å². The highest BCUT2D eigenvalue weighted by Crippen LogP contribution is 2.52. The van der Waals surface area contributed by atoms with Crippen molar-refractivity contribution in [2.45, 2.75) is 31.2 Å². The number of nitrogens with zero attached hydrogens (tertiary/aromatic N) is 2. The molecule has 2 aliphatic rings. The van der Waals surface area contributed by atoms with Gasteiger partial charge in [-0.25, -0.2) is 0 Å². The zero-order valence-corrected chi connectivity index (χ0v) is 12.9. The lowest BCUT2D eigenvalue weighted by Crippen LogP contribution is -2.26. The van der Waals surface area contributed by atoms with Gasteiger partial charge < -0.3 is 21.3 Å². The second kappa shape index (κ2) is 4.93. The third kappa shape index (κ3) is 2.27. The second-order valence-electron chi connectivity index (χ2n) is 6.03. The van der Waals surface area contributed by atoms with Gasteiger partial charge in [-0.3, -0.25) is 4.79 Å². The van der Waals surface area contributed by atoms with Crippen molar-refractivity contribution in [1.82, 2.24) is 4.90 Å². The quantitative estimate of drug-likeness (QED) is 0.884. The van der Waals surface area contributed by atoms with E-state index in [0.29, 0.717) is 16.5 Å². The Morgan fingerprint density at radius 1 is 1.35 bits per heavy atom. The predicted octanol–water partition coefficient (Wildman–Crippen LogP) is 1.45. The molecule has 110 valence electrons. The Balaban J connectivity index is 2.00. The Hall–Kier alpha value is -1.27. The van der Waals surface area contributed by atoms with Gasteiger partial charge in [-0.15, -0.1) is 11.3 Å². The van der Waals surface area contributed by atoms with Gasteiger partial charge in [-0.1, -0.05) is 0 Å². The first-order valence-electron chi connectivity index (χ1n) is 7.13. The molecule has 1 aromatic rings. The summed E-state index contributed by atoms with van der Waals surface area (Å²) in [5.74, 6) is 0.547. The Morgan fingerprint density at radius 2 is 2.05 bits per heavy atom. The Bertz CT molecular complexity index is 536. The molecule has 5 nitrogen and oxygen atoms in total. The van der Waals surface area contributed by atoms with E-state index in [1.165, 1.54) is 23.4 Å². The van der Waals surface area contributed by atoms with E-state index >= 15 is 0 Å². The molecule has 0 spiro atoms. The Labute approximate surface area is 123 Å². The van der Waals surface area contributed by atoms with Crippen LogP contribution in [0.1, 0.15) is 40.4 Å². The van der Waals surface area contributed by atoms with Crippen LogP contribution < -0.4 is 16.4 Å². The van der Waals surface area contributed by atoms with E-state index in [-0.39, 0.29) is 11.9 Å². The number of hydrogen-bond acceptors (Lipinski definition) is 5. The number of hydrogen-bond donors (Lipinski definition) is 2. The van der Waals surface area contributed by atoms with Gasteiger partial charge in [0.25, 0.3) is 5.91 Å². The third-order valence-corrected chi connectivity index (χ3v) is 5.33. The van der Waals surface area contributed by atoms with Crippen molar-refractivity contribution in [3.05, 3.63) is 10.4 Å². The molecule has 0 radical (unpaired) electrons. The van der Waals surface area contributed by atoms with Gasteiger partial charge in [0, 0.05) is 38.8 Å². The van der Waals surface area contributed by atoms with Crippen molar-refractivity contribution in [3.8, 4) is 0 Å². The fourth-order valence-corrected chi connectivity index (χ4v) is 4.14. The predicted molar refractivity (Wildman–Crippen MR) is 83.5 cm³/mol. The highest BCUT2D eigenvalue weighted by molar-refractivity contribution is 7.18. The molecule has 1 aliphatic carbocycles. The molecule has 0 bridgehead atoms. The summed E-state index contributed by atoms with van der Waals surface area (Å²) in [7, 11) is 3.54. The zero-order chi connectivity index (χ0) is 14.4. The minimum absolute atomic E-state index is 0.00384. The summed E-state index contributed by atoms with van der Waals surface area (Å²) in [4.78, 5) is 16.9. The second-order valence-corrected chi connectivity index (χ2v) is 7.03. The van der Waals surface area contributed by atoms with Crippen LogP contribution in [0.3, 0.4) is 0 Å². The lowest BCUT2D eigenvalue weighted by molar-refractivity contribution is 0.0833. The summed E-state index contributed by atoms with van der Waals surface area (Å²) in [6.07, 6.45) is 3.38. The number of amides is 1. The molecular weight excluding hydrogens is 272 g/mol. The van der Waals surface area contributed by atoms with E-state index in [9.17, 15) is 4.79 Å². The van der Waals surface area contributed by atoms with Gasteiger partial charge in [-0.05, 0) is 25.2 Å². The molecule has 1 atom stereocenters. The SMILES string of the molecule is CN(C)C(=O)c1sc(N2CCC(N)C2)c(C2CC2)c1N. The van der Waals surface area contributed by atoms with Gasteiger partial charge >= 0.3 is 0 Å². The van der Waals surface area contributed by atoms with Crippen molar-refractivity contribution in [2.75, 3.05) is 37.8 Å². The van der Waals surface area contributed by atoms with Crippen molar-refractivity contribution in [2.24, 2.45) is 5.73 Å². The molecule has 0 aromatic carbocycles. The number of anilines is 2. The molecular formula is C14H22N4OS. The summed E-state index contributed by atoms with van der Waals surface area (Å²) in [6.45, 7) is 1.84. The molecule has 6 heteroatoms. The van der Waals surface area contributed by atoms with Crippen LogP contribution in [0, 0.1) is 0 Å². The molecule has 1 saturated carbocycles. The summed E-state index contributed by atoms with van der Waals surface area (Å²) in [6, 6.07) is 0.235. The maximum Gasteiger partial charge on any atom is 0.265 e. The molecule has 2 fully saturated rings. The van der Waals surface area contributed by atoms with Crippen molar-refractivity contribution >= 4 is 27.9 Å². The van der Waals surface area contributed by atoms with Crippen molar-refractivity contribution < 1.29 is 4.79 Å². The molecule has 4 N–H and O–H groups in total. The first kappa shape index (κ1) is 13.7. The molecule has 1 saturated heterocycles. The Kier molecular flexibility index (Phi) is 3.38. The summed E-state index contributed by atoms with van der Waals surface area (Å²) < 4.78 is 0. The van der Waals surface area contributed by atoms with E-state index < -0.39 is 0 Å². The molecule has 1 amide bonds. The average Bonchev–Trinajstić information content (AvgIpc) is 3.05. The maximum atomic E-state index is 12.3. The lowest BCUT2D eigenvalue weighted by Gasteiger charge is -2.18. The fourth-order valence-electron chi connectivity index (χ4n) is 2.78. The van der Waals surface area contributed by atoms with Gasteiger partial charge in [0.1, 0.15) is 4.88 Å². The Morgan fingerprint density at radius 3 is 2.55 bits per heavy atom. The van der Waals surface area contributed by atoms with Crippen LogP contribution in [0.25, 0.3) is 0 Å². The van der Waals surface area contributed by atoms with Crippen LogP contribution >= 0.6 is 11.3 Å². The minimum atomic E-state index is 0.00384. The number of nitrogen functional groups attached to an aromatic ring is 1. The molecule has 2 heterocycles. The molecule has 1 aromatic heterocycles. The van der Waals surface area contributed by atoms with E-state index in [0.717, 1.165) is 19.5 Å². The van der Waals surface area contributed by atoms with Crippen LogP contribution in [0.2, 0.25) is 0 Å². The maximum absolute atomic E-state index is 12.3. The highest BCUT2D eigenvalue weighted by atomic mass is 32.1. The highest BCUT2D eigenvalue weighted by Gasteiger charge is 2.36. The number of carbonyl (C=O) groups excluding carboxylic acids is 1. The van der Waals surface area contributed by atoms with E-state index in [1.807, 2.05) is 0 Å². The first-order chi connectivity index (χ1) is 9.49. The van der Waals surface area contributed by atoms with Crippen LogP contribution in [-0.2, 0) is 0 Å². The van der Waals surface area contributed by atoms with Gasteiger partial charge in [0.15, 0.2) is 0 Å².